The molecule has 5 heteroatoms. The summed E-state index contributed by atoms with van der Waals surface area (Å²) in [5.41, 5.74) is 2.10. The van der Waals surface area contributed by atoms with E-state index in [9.17, 15) is 9.59 Å². The minimum absolute atomic E-state index is 1.05. The maximum atomic E-state index is 10.5. The zero-order valence-electron chi connectivity index (χ0n) is 5.52. The van der Waals surface area contributed by atoms with Crippen LogP contribution < -0.4 is 5.43 Å². The summed E-state index contributed by atoms with van der Waals surface area (Å²) in [5.74, 6) is -2.56. The molecule has 0 saturated heterocycles. The van der Waals surface area contributed by atoms with Crippen LogP contribution in [0.4, 0.5) is 0 Å². The molecule has 1 rings (SSSR count). The number of hydrogen-bond donors (Lipinski definition) is 2. The standard InChI is InChI=1S/C6H6N2O3/c9-5(6(10)11)7-8-3-1-2-4-8/h1-4H,(H,7,9)(H,10,11). The van der Waals surface area contributed by atoms with Crippen molar-refractivity contribution < 1.29 is 14.7 Å². The highest BCUT2D eigenvalue weighted by atomic mass is 16.4. The first-order valence-corrected chi connectivity index (χ1v) is 2.87. The van der Waals surface area contributed by atoms with Gasteiger partial charge in [-0.15, -0.1) is 0 Å². The third kappa shape index (κ3) is 1.82. The Morgan fingerprint density at radius 3 is 2.27 bits per heavy atom. The summed E-state index contributed by atoms with van der Waals surface area (Å²) in [7, 11) is 0. The van der Waals surface area contributed by atoms with E-state index in [2.05, 4.69) is 5.43 Å². The molecule has 0 aliphatic heterocycles. The lowest BCUT2D eigenvalue weighted by molar-refractivity contribution is -0.148. The van der Waals surface area contributed by atoms with Gasteiger partial charge < -0.3 is 5.11 Å². The average Bonchev–Trinajstić information content (AvgIpc) is 2.39. The van der Waals surface area contributed by atoms with E-state index >= 15 is 0 Å². The lowest BCUT2D eigenvalue weighted by Crippen LogP contribution is -2.28. The van der Waals surface area contributed by atoms with E-state index in [1.54, 1.807) is 12.1 Å². The van der Waals surface area contributed by atoms with Crippen LogP contribution in [-0.2, 0) is 9.59 Å². The van der Waals surface area contributed by atoms with Gasteiger partial charge in [-0.05, 0) is 12.1 Å². The van der Waals surface area contributed by atoms with Crippen LogP contribution in [0, 0.1) is 0 Å². The zero-order valence-corrected chi connectivity index (χ0v) is 5.52. The summed E-state index contributed by atoms with van der Waals surface area (Å²) >= 11 is 0. The number of hydrogen-bond acceptors (Lipinski definition) is 2. The molecule has 0 bridgehead atoms. The molecule has 0 aliphatic carbocycles. The molecule has 0 atom stereocenters. The number of nitrogens with zero attached hydrogens (tertiary/aromatic N) is 1. The van der Waals surface area contributed by atoms with E-state index in [0.29, 0.717) is 0 Å². The van der Waals surface area contributed by atoms with Gasteiger partial charge in [0, 0.05) is 12.4 Å². The molecule has 0 fully saturated rings. The summed E-state index contributed by atoms with van der Waals surface area (Å²) in [4.78, 5) is 20.5. The predicted molar refractivity (Wildman–Crippen MR) is 36.4 cm³/mol. The van der Waals surface area contributed by atoms with E-state index in [1.807, 2.05) is 0 Å². The van der Waals surface area contributed by atoms with Crippen molar-refractivity contribution in [1.29, 1.82) is 0 Å². The summed E-state index contributed by atoms with van der Waals surface area (Å²) in [6.45, 7) is 0. The van der Waals surface area contributed by atoms with Gasteiger partial charge in [-0.3, -0.25) is 14.9 Å². The predicted octanol–water partition coefficient (Wildman–Crippen LogP) is -0.357. The minimum atomic E-state index is -1.50. The van der Waals surface area contributed by atoms with Crippen molar-refractivity contribution in [3.05, 3.63) is 24.5 Å². The largest absolute Gasteiger partial charge is 0.474 e. The molecule has 2 N–H and O–H groups in total. The molecular weight excluding hydrogens is 148 g/mol. The smallest absolute Gasteiger partial charge is 0.396 e. The number of carboxylic acid groups (broad SMARTS) is 1. The summed E-state index contributed by atoms with van der Waals surface area (Å²) in [6.07, 6.45) is 3.06. The molecule has 1 heterocycles. The summed E-state index contributed by atoms with van der Waals surface area (Å²) in [5, 5.41) is 8.16. The first kappa shape index (κ1) is 7.33. The van der Waals surface area contributed by atoms with Crippen LogP contribution in [-0.4, -0.2) is 21.7 Å². The average molecular weight is 154 g/mol. The van der Waals surface area contributed by atoms with Gasteiger partial charge in [-0.2, -0.15) is 0 Å². The van der Waals surface area contributed by atoms with Gasteiger partial charge in [0.05, 0.1) is 0 Å². The fourth-order valence-corrected chi connectivity index (χ4v) is 0.574. The van der Waals surface area contributed by atoms with Crippen LogP contribution in [0.5, 0.6) is 0 Å². The topological polar surface area (TPSA) is 71.3 Å². The highest BCUT2D eigenvalue weighted by Crippen LogP contribution is 1.84. The van der Waals surface area contributed by atoms with Gasteiger partial charge in [0.25, 0.3) is 0 Å². The Balaban J connectivity index is 2.57. The van der Waals surface area contributed by atoms with Crippen molar-refractivity contribution in [2.45, 2.75) is 0 Å². The fraction of sp³-hybridized carbons (Fsp3) is 0. The molecule has 0 unspecified atom stereocenters. The van der Waals surface area contributed by atoms with Gasteiger partial charge in [0.15, 0.2) is 0 Å². The Kier molecular flexibility index (Phi) is 1.91. The van der Waals surface area contributed by atoms with Crippen LogP contribution in [0.25, 0.3) is 0 Å². The Hall–Kier alpha value is -1.78. The molecule has 1 amide bonds. The second-order valence-electron chi connectivity index (χ2n) is 1.84. The Bertz CT molecular complexity index is 265. The molecule has 0 saturated carbocycles. The number of carbonyl (C=O) groups is 2. The normalized spacial score (nSPS) is 9.09. The molecule has 11 heavy (non-hydrogen) atoms. The Morgan fingerprint density at radius 1 is 1.27 bits per heavy atom. The number of carbonyl (C=O) groups excluding carboxylic acids is 1. The van der Waals surface area contributed by atoms with Crippen molar-refractivity contribution in [3.63, 3.8) is 0 Å². The Morgan fingerprint density at radius 2 is 1.82 bits per heavy atom. The summed E-state index contributed by atoms with van der Waals surface area (Å²) < 4.78 is 1.26. The maximum absolute atomic E-state index is 10.5. The number of nitrogens with one attached hydrogen (secondary N) is 1. The highest BCUT2D eigenvalue weighted by Gasteiger charge is 2.09. The van der Waals surface area contributed by atoms with Crippen molar-refractivity contribution in [1.82, 2.24) is 4.68 Å². The van der Waals surface area contributed by atoms with Gasteiger partial charge in [0.2, 0.25) is 0 Å². The molecular formula is C6H6N2O3. The number of amides is 1. The van der Waals surface area contributed by atoms with Gasteiger partial charge in [-0.1, -0.05) is 0 Å². The zero-order chi connectivity index (χ0) is 8.27. The van der Waals surface area contributed by atoms with Crippen LogP contribution in [0.2, 0.25) is 0 Å². The van der Waals surface area contributed by atoms with Gasteiger partial charge >= 0.3 is 11.9 Å². The molecule has 1 aromatic heterocycles. The fourth-order valence-electron chi connectivity index (χ4n) is 0.574. The first-order chi connectivity index (χ1) is 5.20. The molecule has 5 nitrogen and oxygen atoms in total. The van der Waals surface area contributed by atoms with Gasteiger partial charge in [0.1, 0.15) is 0 Å². The minimum Gasteiger partial charge on any atom is -0.474 e. The van der Waals surface area contributed by atoms with E-state index in [1.165, 1.54) is 17.1 Å². The van der Waals surface area contributed by atoms with E-state index < -0.39 is 11.9 Å². The van der Waals surface area contributed by atoms with Gasteiger partial charge in [-0.25, -0.2) is 4.79 Å². The van der Waals surface area contributed by atoms with Crippen molar-refractivity contribution in [2.24, 2.45) is 0 Å². The monoisotopic (exact) mass is 154 g/mol. The molecule has 0 spiro atoms. The Labute approximate surface area is 62.2 Å². The second kappa shape index (κ2) is 2.87. The summed E-state index contributed by atoms with van der Waals surface area (Å²) in [6, 6.07) is 3.34. The van der Waals surface area contributed by atoms with Crippen molar-refractivity contribution >= 4 is 11.9 Å². The van der Waals surface area contributed by atoms with E-state index in [-0.39, 0.29) is 0 Å². The molecule has 1 aromatic rings. The SMILES string of the molecule is O=C(O)C(=O)Nn1cccc1. The van der Waals surface area contributed by atoms with Crippen LogP contribution >= 0.6 is 0 Å². The maximum Gasteiger partial charge on any atom is 0.396 e. The molecule has 0 aromatic carbocycles. The lowest BCUT2D eigenvalue weighted by atomic mass is 10.6. The van der Waals surface area contributed by atoms with Crippen molar-refractivity contribution in [3.8, 4) is 0 Å². The van der Waals surface area contributed by atoms with Crippen molar-refractivity contribution in [2.75, 3.05) is 5.43 Å². The quantitative estimate of drug-likeness (QED) is 0.543. The van der Waals surface area contributed by atoms with Crippen LogP contribution in [0.15, 0.2) is 24.5 Å². The van der Waals surface area contributed by atoms with E-state index in [4.69, 9.17) is 5.11 Å². The van der Waals surface area contributed by atoms with Crippen LogP contribution in [0.3, 0.4) is 0 Å². The number of aliphatic carboxylic acids is 1. The number of rotatable bonds is 1. The molecule has 58 valence electrons. The molecule has 0 radical (unpaired) electrons. The van der Waals surface area contributed by atoms with Crippen LogP contribution in [0.1, 0.15) is 0 Å². The number of carboxylic acids is 1. The third-order valence-electron chi connectivity index (χ3n) is 1.03. The second-order valence-corrected chi connectivity index (χ2v) is 1.84. The number of aromatic nitrogens is 1. The first-order valence-electron chi connectivity index (χ1n) is 2.87. The third-order valence-corrected chi connectivity index (χ3v) is 1.03. The molecule has 0 aliphatic rings. The van der Waals surface area contributed by atoms with E-state index in [0.717, 1.165) is 0 Å². The highest BCUT2D eigenvalue weighted by molar-refractivity contribution is 6.34. The lowest BCUT2D eigenvalue weighted by Gasteiger charge is -2.00.